The molecule has 0 bridgehead atoms. The molecule has 0 saturated carbocycles. The van der Waals surface area contributed by atoms with E-state index in [4.69, 9.17) is 22.1 Å². The third-order valence-electron chi connectivity index (χ3n) is 10.7. The van der Waals surface area contributed by atoms with E-state index in [1.54, 1.807) is 9.80 Å². The Morgan fingerprint density at radius 1 is 0.959 bits per heavy atom. The molecule has 0 aliphatic carbocycles. The van der Waals surface area contributed by atoms with E-state index in [0.717, 1.165) is 56.1 Å². The maximum Gasteiger partial charge on any atom is 0.418 e. The van der Waals surface area contributed by atoms with Crippen LogP contribution in [0.2, 0.25) is 5.02 Å². The van der Waals surface area contributed by atoms with Crippen molar-refractivity contribution in [2.75, 3.05) is 57.4 Å². The Balaban J connectivity index is 1.13. The van der Waals surface area contributed by atoms with E-state index < -0.39 is 35.5 Å². The number of nitrogens with one attached hydrogen (secondary N) is 1. The molecule has 6 rings (SSSR count). The molecule has 3 fully saturated rings. The number of piperidine rings is 3. The largest absolute Gasteiger partial charge is 0.436 e. The Bertz CT molecular complexity index is 1540. The summed E-state index contributed by atoms with van der Waals surface area (Å²) in [5.41, 5.74) is 5.85. The summed E-state index contributed by atoms with van der Waals surface area (Å²) in [6.07, 6.45) is -2.18. The number of anilines is 2. The smallest absolute Gasteiger partial charge is 0.418 e. The number of likely N-dealkylation sites (tertiary alicyclic amines) is 3. The number of carbonyl (C=O) groups is 3. The minimum absolute atomic E-state index is 0.0917. The summed E-state index contributed by atoms with van der Waals surface area (Å²) in [5.74, 6) is 0.671. The van der Waals surface area contributed by atoms with Gasteiger partial charge < -0.3 is 35.4 Å². The Morgan fingerprint density at radius 2 is 1.57 bits per heavy atom. The zero-order valence-corrected chi connectivity index (χ0v) is 28.4. The van der Waals surface area contributed by atoms with Crippen molar-refractivity contribution in [3.8, 4) is 0 Å². The number of urea groups is 1. The Kier molecular flexibility index (Phi) is 10.5. The number of para-hydroxylation sites is 1. The van der Waals surface area contributed by atoms with Gasteiger partial charge >= 0.3 is 18.3 Å². The van der Waals surface area contributed by atoms with Gasteiger partial charge in [0.2, 0.25) is 0 Å². The van der Waals surface area contributed by atoms with Crippen LogP contribution in [-0.2, 0) is 28.7 Å². The first kappa shape index (κ1) is 35.1. The van der Waals surface area contributed by atoms with E-state index in [1.807, 2.05) is 24.3 Å². The van der Waals surface area contributed by atoms with Crippen molar-refractivity contribution in [3.05, 3.63) is 58.1 Å². The van der Waals surface area contributed by atoms with Crippen LogP contribution in [0, 0.1) is 11.8 Å². The van der Waals surface area contributed by atoms with E-state index in [-0.39, 0.29) is 29.1 Å². The number of alkyl halides is 3. The molecule has 4 heterocycles. The molecular weight excluding hydrogens is 661 g/mol. The minimum Gasteiger partial charge on any atom is -0.436 e. The van der Waals surface area contributed by atoms with Crippen molar-refractivity contribution >= 4 is 41.0 Å². The van der Waals surface area contributed by atoms with Gasteiger partial charge in [0.25, 0.3) is 5.91 Å². The predicted molar refractivity (Wildman–Crippen MR) is 180 cm³/mol. The van der Waals surface area contributed by atoms with Crippen molar-refractivity contribution in [1.29, 1.82) is 0 Å². The fraction of sp³-hybridized carbons (Fsp3) is 0.571. The maximum atomic E-state index is 14.0. The van der Waals surface area contributed by atoms with E-state index >= 15 is 0 Å². The number of rotatable bonds is 6. The van der Waals surface area contributed by atoms with Crippen LogP contribution in [0.25, 0.3) is 0 Å². The average Bonchev–Trinajstić information content (AvgIpc) is 3.09. The lowest BCUT2D eigenvalue weighted by molar-refractivity contribution is -0.142. The highest BCUT2D eigenvalue weighted by Gasteiger charge is 2.39. The number of nitrogens with two attached hydrogens (primary N) is 1. The van der Waals surface area contributed by atoms with Crippen molar-refractivity contribution in [1.82, 2.24) is 19.6 Å². The molecule has 3 N–H and O–H groups in total. The standard InChI is InChI=1S/C35H44ClF3N6O4/c1-42-12-6-23(7-13-42)24-8-14-43(15-9-24)32(46)30(20-22-18-27(35(37,38)39)31(40)28(36)19-22)49-34(48)44-16-10-26(11-17-44)45-21-25-4-2-3-5-29(25)41-33(45)47/h2-5,18-19,23-24,26,30H,6-17,20-21,40H2,1H3,(H,41,47)/t30-/m1/s1. The van der Waals surface area contributed by atoms with Gasteiger partial charge in [0.05, 0.1) is 16.3 Å². The monoisotopic (exact) mass is 704 g/mol. The van der Waals surface area contributed by atoms with E-state index in [0.29, 0.717) is 57.4 Å². The molecule has 0 unspecified atom stereocenters. The number of hydrogen-bond donors (Lipinski definition) is 2. The normalized spacial score (nSPS) is 20.9. The Morgan fingerprint density at radius 3 is 2.22 bits per heavy atom. The molecule has 2 aromatic rings. The first-order valence-electron chi connectivity index (χ1n) is 17.1. The molecule has 266 valence electrons. The molecule has 0 spiro atoms. The van der Waals surface area contributed by atoms with Gasteiger partial charge in [-0.3, -0.25) is 4.79 Å². The first-order chi connectivity index (χ1) is 23.4. The van der Waals surface area contributed by atoms with Gasteiger partial charge in [0.15, 0.2) is 6.10 Å². The molecule has 10 nitrogen and oxygen atoms in total. The van der Waals surface area contributed by atoms with Crippen LogP contribution in [0.3, 0.4) is 0 Å². The van der Waals surface area contributed by atoms with Gasteiger partial charge in [0.1, 0.15) is 0 Å². The highest BCUT2D eigenvalue weighted by molar-refractivity contribution is 6.33. The van der Waals surface area contributed by atoms with Gasteiger partial charge in [-0.15, -0.1) is 0 Å². The van der Waals surface area contributed by atoms with Crippen molar-refractivity contribution in [2.45, 2.75) is 69.8 Å². The van der Waals surface area contributed by atoms with Crippen molar-refractivity contribution < 1.29 is 32.3 Å². The average molecular weight is 705 g/mol. The van der Waals surface area contributed by atoms with E-state index in [2.05, 4.69) is 17.3 Å². The lowest BCUT2D eigenvalue weighted by Gasteiger charge is -2.41. The molecule has 2 aromatic carbocycles. The number of ether oxygens (including phenoxy) is 1. The first-order valence-corrected chi connectivity index (χ1v) is 17.5. The van der Waals surface area contributed by atoms with E-state index in [1.165, 1.54) is 11.0 Å². The maximum absolute atomic E-state index is 14.0. The Hall–Kier alpha value is -3.71. The molecule has 49 heavy (non-hydrogen) atoms. The van der Waals surface area contributed by atoms with Gasteiger partial charge in [-0.2, -0.15) is 13.2 Å². The van der Waals surface area contributed by atoms with Crippen LogP contribution in [0.4, 0.5) is 34.1 Å². The van der Waals surface area contributed by atoms with E-state index in [9.17, 15) is 27.6 Å². The topological polar surface area (TPSA) is 111 Å². The quantitative estimate of drug-likeness (QED) is 0.353. The van der Waals surface area contributed by atoms with Gasteiger partial charge in [-0.25, -0.2) is 9.59 Å². The zero-order valence-electron chi connectivity index (χ0n) is 27.7. The molecule has 3 saturated heterocycles. The minimum atomic E-state index is -4.76. The molecule has 1 atom stereocenters. The number of benzene rings is 2. The number of nitrogen functional groups attached to an aromatic ring is 1. The third kappa shape index (κ3) is 8.03. The lowest BCUT2D eigenvalue weighted by atomic mass is 9.79. The van der Waals surface area contributed by atoms with Crippen LogP contribution in [0.15, 0.2) is 36.4 Å². The SMILES string of the molecule is CN1CCC(C2CCN(C(=O)[C@@H](Cc3cc(Cl)c(N)c(C(F)(F)F)c3)OC(=O)N3CCC(N4Cc5ccccc5NC4=O)CC3)CC2)CC1. The predicted octanol–water partition coefficient (Wildman–Crippen LogP) is 6.08. The summed E-state index contributed by atoms with van der Waals surface area (Å²) in [7, 11) is 2.12. The fourth-order valence-corrected chi connectivity index (χ4v) is 8.03. The van der Waals surface area contributed by atoms with Gasteiger partial charge in [-0.05, 0) is 99.8 Å². The summed E-state index contributed by atoms with van der Waals surface area (Å²) in [4.78, 5) is 47.6. The molecule has 0 aromatic heterocycles. The highest BCUT2D eigenvalue weighted by Crippen LogP contribution is 2.39. The van der Waals surface area contributed by atoms with Crippen molar-refractivity contribution in [2.24, 2.45) is 11.8 Å². The number of amides is 4. The zero-order chi connectivity index (χ0) is 34.9. The summed E-state index contributed by atoms with van der Waals surface area (Å²) >= 11 is 6.11. The number of hydrogen-bond acceptors (Lipinski definition) is 6. The summed E-state index contributed by atoms with van der Waals surface area (Å²) in [6, 6.07) is 9.49. The number of halogens is 4. The second-order valence-electron chi connectivity index (χ2n) is 13.9. The van der Waals surface area contributed by atoms with Crippen LogP contribution < -0.4 is 11.1 Å². The number of fused-ring (bicyclic) bond motifs is 1. The summed E-state index contributed by atoms with van der Waals surface area (Å²) in [5, 5.41) is 2.64. The van der Waals surface area contributed by atoms with Crippen LogP contribution >= 0.6 is 11.6 Å². The fourth-order valence-electron chi connectivity index (χ4n) is 7.79. The summed E-state index contributed by atoms with van der Waals surface area (Å²) in [6.45, 7) is 4.16. The van der Waals surface area contributed by atoms with Crippen molar-refractivity contribution in [3.63, 3.8) is 0 Å². The molecule has 0 radical (unpaired) electrons. The summed E-state index contributed by atoms with van der Waals surface area (Å²) < 4.78 is 47.2. The molecule has 4 amide bonds. The molecule has 4 aliphatic rings. The second-order valence-corrected chi connectivity index (χ2v) is 14.3. The van der Waals surface area contributed by atoms with Crippen LogP contribution in [-0.4, -0.2) is 96.1 Å². The Labute approximate surface area is 289 Å². The molecular formula is C35H44ClF3N6O4. The van der Waals surface area contributed by atoms with Crippen LogP contribution in [0.1, 0.15) is 55.2 Å². The van der Waals surface area contributed by atoms with Gasteiger partial charge in [0, 0.05) is 50.9 Å². The third-order valence-corrected chi connectivity index (χ3v) is 11.1. The lowest BCUT2D eigenvalue weighted by Crippen LogP contribution is -2.52. The van der Waals surface area contributed by atoms with Crippen LogP contribution in [0.5, 0.6) is 0 Å². The van der Waals surface area contributed by atoms with Gasteiger partial charge in [-0.1, -0.05) is 29.8 Å². The molecule has 14 heteroatoms. The molecule has 4 aliphatic heterocycles. The number of nitrogens with zero attached hydrogens (tertiary/aromatic N) is 4. The second kappa shape index (κ2) is 14.6. The highest BCUT2D eigenvalue weighted by atomic mass is 35.5. The number of carbonyl (C=O) groups excluding carboxylic acids is 3.